The maximum atomic E-state index is 4.12. The van der Waals surface area contributed by atoms with Crippen molar-refractivity contribution in [1.29, 1.82) is 0 Å². The minimum atomic E-state index is 0.665. The highest BCUT2D eigenvalue weighted by molar-refractivity contribution is 8.15. The van der Waals surface area contributed by atoms with Crippen molar-refractivity contribution < 1.29 is 0 Å². The summed E-state index contributed by atoms with van der Waals surface area (Å²) < 4.78 is 0. The maximum absolute atomic E-state index is 4.12. The van der Waals surface area contributed by atoms with Gasteiger partial charge in [-0.3, -0.25) is 4.99 Å². The third-order valence-corrected chi connectivity index (χ3v) is 4.22. The highest BCUT2D eigenvalue weighted by Gasteiger charge is 2.40. The van der Waals surface area contributed by atoms with Gasteiger partial charge in [-0.2, -0.15) is 0 Å². The van der Waals surface area contributed by atoms with E-state index in [2.05, 4.69) is 22.2 Å². The smallest absolute Gasteiger partial charge is 0.0582 e. The lowest BCUT2D eigenvalue weighted by atomic mass is 10.1. The number of nitrogens with one attached hydrogen (secondary N) is 2. The van der Waals surface area contributed by atoms with E-state index in [4.69, 9.17) is 0 Å². The molecule has 90 valence electrons. The Balaban J connectivity index is 1.68. The molecule has 1 saturated carbocycles. The number of piperidine rings is 1. The summed E-state index contributed by atoms with van der Waals surface area (Å²) in [6, 6.07) is 1.39. The molecule has 0 unspecified atom stereocenters. The van der Waals surface area contributed by atoms with Crippen molar-refractivity contribution in [2.45, 2.75) is 31.3 Å². The van der Waals surface area contributed by atoms with Crippen LogP contribution in [0.3, 0.4) is 0 Å². The largest absolute Gasteiger partial charge is 0.317 e. The van der Waals surface area contributed by atoms with Crippen molar-refractivity contribution in [2.24, 2.45) is 10.9 Å². The Morgan fingerprint density at radius 2 is 2.25 bits per heavy atom. The van der Waals surface area contributed by atoms with Gasteiger partial charge >= 0.3 is 0 Å². The first-order chi connectivity index (χ1) is 7.81. The molecule has 0 bridgehead atoms. The molecule has 1 aliphatic carbocycles. The topological polar surface area (TPSA) is 36.4 Å². The zero-order valence-electron chi connectivity index (χ0n) is 9.91. The highest BCUT2D eigenvalue weighted by Crippen LogP contribution is 2.41. The monoisotopic (exact) mass is 239 g/mol. The highest BCUT2D eigenvalue weighted by atomic mass is 32.2. The molecule has 1 heterocycles. The number of thioether (sulfide) groups is 1. The van der Waals surface area contributed by atoms with Crippen LogP contribution in [-0.4, -0.2) is 37.8 Å². The second kappa shape index (κ2) is 5.84. The zero-order chi connectivity index (χ0) is 11.4. The Morgan fingerprint density at radius 1 is 1.50 bits per heavy atom. The van der Waals surface area contributed by atoms with E-state index < -0.39 is 0 Å². The van der Waals surface area contributed by atoms with Crippen LogP contribution in [0.2, 0.25) is 0 Å². The van der Waals surface area contributed by atoms with E-state index in [-0.39, 0.29) is 0 Å². The summed E-state index contributed by atoms with van der Waals surface area (Å²) in [4.78, 5) is 5.24. The molecule has 2 rings (SSSR count). The molecule has 0 aromatic heterocycles. The van der Waals surface area contributed by atoms with Crippen molar-refractivity contribution in [2.75, 3.05) is 20.1 Å². The van der Waals surface area contributed by atoms with Crippen molar-refractivity contribution >= 4 is 17.3 Å². The van der Waals surface area contributed by atoms with Gasteiger partial charge < -0.3 is 10.6 Å². The van der Waals surface area contributed by atoms with Crippen LogP contribution in [0.5, 0.6) is 0 Å². The van der Waals surface area contributed by atoms with Gasteiger partial charge in [-0.15, -0.1) is 0 Å². The van der Waals surface area contributed by atoms with E-state index in [1.165, 1.54) is 24.2 Å². The van der Waals surface area contributed by atoms with Crippen LogP contribution < -0.4 is 10.6 Å². The van der Waals surface area contributed by atoms with Crippen molar-refractivity contribution in [3.8, 4) is 0 Å². The zero-order valence-corrected chi connectivity index (χ0v) is 10.7. The normalized spacial score (nSPS) is 30.8. The van der Waals surface area contributed by atoms with Crippen LogP contribution >= 0.6 is 11.8 Å². The second-order valence-corrected chi connectivity index (χ2v) is 5.56. The predicted molar refractivity (Wildman–Crippen MR) is 72.1 cm³/mol. The lowest BCUT2D eigenvalue weighted by Gasteiger charge is -2.24. The van der Waals surface area contributed by atoms with Gasteiger partial charge in [0.1, 0.15) is 0 Å². The van der Waals surface area contributed by atoms with Crippen LogP contribution in [-0.2, 0) is 0 Å². The third kappa shape index (κ3) is 3.34. The Hall–Kier alpha value is -0.320. The quantitative estimate of drug-likeness (QED) is 0.565. The number of nitrogens with zero attached hydrogens (tertiary/aromatic N) is 1. The van der Waals surface area contributed by atoms with Gasteiger partial charge in [0.15, 0.2) is 0 Å². The number of rotatable bonds is 5. The Kier molecular flexibility index (Phi) is 4.44. The molecular weight excluding hydrogens is 218 g/mol. The van der Waals surface area contributed by atoms with Crippen LogP contribution in [0.4, 0.5) is 0 Å². The van der Waals surface area contributed by atoms with E-state index in [1.807, 2.05) is 5.55 Å². The summed E-state index contributed by atoms with van der Waals surface area (Å²) in [5, 5.41) is 7.13. The van der Waals surface area contributed by atoms with E-state index in [1.54, 1.807) is 18.8 Å². The maximum Gasteiger partial charge on any atom is 0.0582 e. The standard InChI is InChI=1S/C12H21N3S/c1-9(16-8-13-2)11-7-12(11)15-10-3-5-14-6-4-10/h8,10-12,14-15H,1,3-7H2,2H3/t11-,12+/m1/s1. The lowest BCUT2D eigenvalue weighted by molar-refractivity contribution is 0.382. The van der Waals surface area contributed by atoms with Gasteiger partial charge in [0.25, 0.3) is 0 Å². The average molecular weight is 239 g/mol. The van der Waals surface area contributed by atoms with Gasteiger partial charge in [0, 0.05) is 25.0 Å². The number of hydrogen-bond donors (Lipinski definition) is 2. The van der Waals surface area contributed by atoms with Gasteiger partial charge in [0.05, 0.1) is 5.55 Å². The predicted octanol–water partition coefficient (Wildman–Crippen LogP) is 1.62. The Labute approximate surface area is 102 Å². The first-order valence-electron chi connectivity index (χ1n) is 6.04. The van der Waals surface area contributed by atoms with Gasteiger partial charge in [0.2, 0.25) is 0 Å². The molecule has 4 heteroatoms. The average Bonchev–Trinajstić information content (AvgIpc) is 3.06. The van der Waals surface area contributed by atoms with Crippen molar-refractivity contribution in [3.05, 3.63) is 11.5 Å². The molecule has 2 atom stereocenters. The summed E-state index contributed by atoms with van der Waals surface area (Å²) in [6.07, 6.45) is 3.78. The van der Waals surface area contributed by atoms with Crippen molar-refractivity contribution in [3.63, 3.8) is 0 Å². The molecule has 0 aromatic rings. The van der Waals surface area contributed by atoms with E-state index >= 15 is 0 Å². The fraction of sp³-hybridized carbons (Fsp3) is 0.750. The SMILES string of the molecule is C=C(SC=NC)[C@H]1C[C@@H]1NC1CCNCC1. The van der Waals surface area contributed by atoms with E-state index in [0.717, 1.165) is 13.1 Å². The van der Waals surface area contributed by atoms with E-state index in [9.17, 15) is 0 Å². The first kappa shape index (κ1) is 12.1. The molecule has 2 aliphatic rings. The fourth-order valence-corrected chi connectivity index (χ4v) is 2.91. The molecule has 3 nitrogen and oxygen atoms in total. The summed E-state index contributed by atoms with van der Waals surface area (Å²) >= 11 is 1.67. The molecule has 2 N–H and O–H groups in total. The fourth-order valence-electron chi connectivity index (χ4n) is 2.23. The molecule has 0 aromatic carbocycles. The molecule has 1 aliphatic heterocycles. The summed E-state index contributed by atoms with van der Waals surface area (Å²) in [7, 11) is 1.80. The third-order valence-electron chi connectivity index (χ3n) is 3.30. The molecule has 2 fully saturated rings. The Morgan fingerprint density at radius 3 is 2.94 bits per heavy atom. The van der Waals surface area contributed by atoms with Gasteiger partial charge in [-0.25, -0.2) is 0 Å². The molecule has 0 amide bonds. The number of aliphatic imine (C=N–C) groups is 1. The minimum Gasteiger partial charge on any atom is -0.317 e. The molecule has 0 spiro atoms. The van der Waals surface area contributed by atoms with E-state index in [0.29, 0.717) is 18.0 Å². The molecule has 0 radical (unpaired) electrons. The van der Waals surface area contributed by atoms with Gasteiger partial charge in [-0.1, -0.05) is 18.3 Å². The van der Waals surface area contributed by atoms with Crippen molar-refractivity contribution in [1.82, 2.24) is 10.6 Å². The van der Waals surface area contributed by atoms with Crippen LogP contribution in [0.1, 0.15) is 19.3 Å². The molecular formula is C12H21N3S. The van der Waals surface area contributed by atoms with Gasteiger partial charge in [-0.05, 0) is 37.3 Å². The lowest BCUT2D eigenvalue weighted by Crippen LogP contribution is -2.41. The minimum absolute atomic E-state index is 0.665. The molecule has 1 saturated heterocycles. The van der Waals surface area contributed by atoms with Crippen LogP contribution in [0.25, 0.3) is 0 Å². The summed E-state index contributed by atoms with van der Waals surface area (Å²) in [5.41, 5.74) is 1.88. The second-order valence-electron chi connectivity index (χ2n) is 4.59. The molecule has 16 heavy (non-hydrogen) atoms. The number of hydrogen-bond acceptors (Lipinski definition) is 4. The van der Waals surface area contributed by atoms with Crippen LogP contribution in [0.15, 0.2) is 16.5 Å². The Bertz CT molecular complexity index is 271. The summed E-state index contributed by atoms with van der Waals surface area (Å²) in [5.74, 6) is 0.665. The summed E-state index contributed by atoms with van der Waals surface area (Å²) in [6.45, 7) is 6.44. The van der Waals surface area contributed by atoms with Crippen LogP contribution in [0, 0.1) is 5.92 Å². The first-order valence-corrected chi connectivity index (χ1v) is 6.92.